The average Bonchev–Trinajstić information content (AvgIpc) is 2.62. The van der Waals surface area contributed by atoms with Gasteiger partial charge in [0.2, 0.25) is 0 Å². The molecule has 0 spiro atoms. The van der Waals surface area contributed by atoms with Gasteiger partial charge in [0, 0.05) is 18.8 Å². The summed E-state index contributed by atoms with van der Waals surface area (Å²) in [4.78, 5) is 0. The van der Waals surface area contributed by atoms with Crippen molar-refractivity contribution >= 4 is 0 Å². The van der Waals surface area contributed by atoms with Crippen LogP contribution in [-0.4, -0.2) is 30.2 Å². The third-order valence-corrected chi connectivity index (χ3v) is 6.38. The molecule has 0 aromatic heterocycles. The molecule has 3 rings (SSSR count). The maximum atomic E-state index is 2.60. The summed E-state index contributed by atoms with van der Waals surface area (Å²) in [6.45, 7) is 7.81. The van der Waals surface area contributed by atoms with Crippen LogP contribution in [-0.2, 0) is 0 Å². The minimum absolute atomic E-state index is 0.508. The molecule has 3 aliphatic rings. The normalized spacial score (nSPS) is 43.8. The Balaban J connectivity index is 1.94. The molecule has 2 heterocycles. The van der Waals surface area contributed by atoms with Crippen LogP contribution >= 0.6 is 0 Å². The van der Waals surface area contributed by atoms with E-state index in [2.05, 4.69) is 20.9 Å². The van der Waals surface area contributed by atoms with Gasteiger partial charge < -0.3 is 4.48 Å². The van der Waals surface area contributed by atoms with E-state index in [1.807, 2.05) is 11.1 Å². The van der Waals surface area contributed by atoms with Gasteiger partial charge in [-0.2, -0.15) is 0 Å². The first kappa shape index (κ1) is 12.7. The van der Waals surface area contributed by atoms with Crippen LogP contribution in [0.3, 0.4) is 0 Å². The highest BCUT2D eigenvalue weighted by Gasteiger charge is 2.56. The molecule has 1 unspecified atom stereocenters. The topological polar surface area (TPSA) is 0 Å². The van der Waals surface area contributed by atoms with E-state index in [9.17, 15) is 0 Å². The third-order valence-electron chi connectivity index (χ3n) is 6.38. The molecule has 2 aliphatic heterocycles. The second kappa shape index (κ2) is 4.37. The highest BCUT2D eigenvalue weighted by Crippen LogP contribution is 2.52. The standard InChI is InChI=1S/C17H30N/c1-4-7-14-12-17(2)16-9-6-5-8-15(16)10-11-18(17,3)13-14/h14H,4-13H2,1-3H3/q+1/t14-,17+,18?/m1/s1. The molecule has 0 saturated carbocycles. The van der Waals surface area contributed by atoms with Crippen molar-refractivity contribution in [1.29, 1.82) is 0 Å². The lowest BCUT2D eigenvalue weighted by Gasteiger charge is -2.51. The summed E-state index contributed by atoms with van der Waals surface area (Å²) in [6.07, 6.45) is 11.4. The molecular weight excluding hydrogens is 218 g/mol. The molecule has 0 N–H and O–H groups in total. The minimum atomic E-state index is 0.508. The monoisotopic (exact) mass is 248 g/mol. The minimum Gasteiger partial charge on any atom is -0.317 e. The highest BCUT2D eigenvalue weighted by molar-refractivity contribution is 5.29. The van der Waals surface area contributed by atoms with Gasteiger partial charge >= 0.3 is 0 Å². The van der Waals surface area contributed by atoms with E-state index in [0.29, 0.717) is 5.54 Å². The lowest BCUT2D eigenvalue weighted by atomic mass is 9.73. The van der Waals surface area contributed by atoms with Crippen LogP contribution in [0.15, 0.2) is 11.1 Å². The van der Waals surface area contributed by atoms with Gasteiger partial charge in [0.25, 0.3) is 0 Å². The summed E-state index contributed by atoms with van der Waals surface area (Å²) in [7, 11) is 2.55. The van der Waals surface area contributed by atoms with Gasteiger partial charge in [-0.05, 0) is 44.6 Å². The zero-order valence-corrected chi connectivity index (χ0v) is 12.6. The van der Waals surface area contributed by atoms with Crippen LogP contribution in [0.2, 0.25) is 0 Å². The van der Waals surface area contributed by atoms with Crippen molar-refractivity contribution in [2.75, 3.05) is 20.1 Å². The van der Waals surface area contributed by atoms with Gasteiger partial charge in [-0.25, -0.2) is 0 Å². The van der Waals surface area contributed by atoms with E-state index in [4.69, 9.17) is 0 Å². The van der Waals surface area contributed by atoms with E-state index in [-0.39, 0.29) is 0 Å². The Morgan fingerprint density at radius 1 is 1.22 bits per heavy atom. The molecule has 1 aliphatic carbocycles. The van der Waals surface area contributed by atoms with Crippen LogP contribution in [0, 0.1) is 5.92 Å². The SMILES string of the molecule is CCC[C@@H]1C[C@@]2(C)C3=C(CCCC3)CC[N+]2(C)C1. The molecule has 0 amide bonds. The van der Waals surface area contributed by atoms with E-state index < -0.39 is 0 Å². The lowest BCUT2D eigenvalue weighted by molar-refractivity contribution is -0.942. The third kappa shape index (κ3) is 1.70. The van der Waals surface area contributed by atoms with Gasteiger partial charge in [0.15, 0.2) is 0 Å². The molecule has 0 aromatic rings. The van der Waals surface area contributed by atoms with Crippen molar-refractivity contribution in [2.24, 2.45) is 5.92 Å². The number of fused-ring (bicyclic) bond motifs is 2. The van der Waals surface area contributed by atoms with Gasteiger partial charge in [-0.1, -0.05) is 18.9 Å². The molecule has 18 heavy (non-hydrogen) atoms. The van der Waals surface area contributed by atoms with E-state index in [1.54, 1.807) is 0 Å². The molecule has 0 aromatic carbocycles. The number of hydrogen-bond acceptors (Lipinski definition) is 0. The van der Waals surface area contributed by atoms with Crippen molar-refractivity contribution in [3.63, 3.8) is 0 Å². The molecule has 0 radical (unpaired) electrons. The highest BCUT2D eigenvalue weighted by atomic mass is 15.4. The van der Waals surface area contributed by atoms with Crippen molar-refractivity contribution < 1.29 is 4.48 Å². The molecule has 1 nitrogen and oxygen atoms in total. The largest absolute Gasteiger partial charge is 0.317 e. The Hall–Kier alpha value is -0.300. The summed E-state index contributed by atoms with van der Waals surface area (Å²) in [5.74, 6) is 0.985. The van der Waals surface area contributed by atoms with E-state index in [1.165, 1.54) is 68.9 Å². The maximum absolute atomic E-state index is 2.60. The van der Waals surface area contributed by atoms with Crippen molar-refractivity contribution in [1.82, 2.24) is 0 Å². The van der Waals surface area contributed by atoms with E-state index in [0.717, 1.165) is 5.92 Å². The Bertz CT molecular complexity index is 370. The Morgan fingerprint density at radius 3 is 2.78 bits per heavy atom. The number of hydrogen-bond donors (Lipinski definition) is 0. The quantitative estimate of drug-likeness (QED) is 0.505. The fraction of sp³-hybridized carbons (Fsp3) is 0.882. The number of quaternary nitrogens is 1. The first-order chi connectivity index (χ1) is 8.59. The average molecular weight is 248 g/mol. The summed E-state index contributed by atoms with van der Waals surface area (Å²) in [5, 5.41) is 0. The van der Waals surface area contributed by atoms with Crippen LogP contribution in [0.25, 0.3) is 0 Å². The van der Waals surface area contributed by atoms with Crippen molar-refractivity contribution in [3.8, 4) is 0 Å². The summed E-state index contributed by atoms with van der Waals surface area (Å²) < 4.78 is 1.36. The fourth-order valence-electron chi connectivity index (χ4n) is 5.28. The van der Waals surface area contributed by atoms with Crippen LogP contribution in [0.5, 0.6) is 0 Å². The molecule has 1 heteroatoms. The molecule has 0 bridgehead atoms. The van der Waals surface area contributed by atoms with Crippen LogP contribution in [0.1, 0.15) is 65.2 Å². The Kier molecular flexibility index (Phi) is 3.09. The zero-order chi connectivity index (χ0) is 12.8. The van der Waals surface area contributed by atoms with Gasteiger partial charge in [-0.3, -0.25) is 0 Å². The van der Waals surface area contributed by atoms with Crippen LogP contribution < -0.4 is 0 Å². The fourth-order valence-corrected chi connectivity index (χ4v) is 5.28. The van der Waals surface area contributed by atoms with Gasteiger partial charge in [-0.15, -0.1) is 0 Å². The number of likely N-dealkylation sites (N-methyl/N-ethyl adjacent to an activating group) is 1. The lowest BCUT2D eigenvalue weighted by Crippen LogP contribution is -2.60. The summed E-state index contributed by atoms with van der Waals surface area (Å²) in [5.41, 5.74) is 4.28. The van der Waals surface area contributed by atoms with E-state index >= 15 is 0 Å². The first-order valence-electron chi connectivity index (χ1n) is 8.15. The van der Waals surface area contributed by atoms with Gasteiger partial charge in [0.05, 0.1) is 20.1 Å². The predicted molar refractivity (Wildman–Crippen MR) is 77.4 cm³/mol. The van der Waals surface area contributed by atoms with Gasteiger partial charge in [0.1, 0.15) is 5.54 Å². The zero-order valence-electron chi connectivity index (χ0n) is 12.6. The molecule has 3 atom stereocenters. The second-order valence-electron chi connectivity index (χ2n) is 7.47. The van der Waals surface area contributed by atoms with Crippen molar-refractivity contribution in [2.45, 2.75) is 70.8 Å². The molecule has 1 saturated heterocycles. The number of rotatable bonds is 2. The Morgan fingerprint density at radius 2 is 2.00 bits per heavy atom. The first-order valence-corrected chi connectivity index (χ1v) is 8.15. The molecule has 102 valence electrons. The predicted octanol–water partition coefficient (Wildman–Crippen LogP) is 4.29. The summed E-state index contributed by atoms with van der Waals surface area (Å²) in [6, 6.07) is 0. The summed E-state index contributed by atoms with van der Waals surface area (Å²) >= 11 is 0. The molecule has 1 fully saturated rings. The molecular formula is C17H30N+. The van der Waals surface area contributed by atoms with Crippen LogP contribution in [0.4, 0.5) is 0 Å². The smallest absolute Gasteiger partial charge is 0.118 e. The number of nitrogens with zero attached hydrogens (tertiary/aromatic N) is 1. The Labute approximate surface area is 113 Å². The second-order valence-corrected chi connectivity index (χ2v) is 7.47. The van der Waals surface area contributed by atoms with Crippen molar-refractivity contribution in [3.05, 3.63) is 11.1 Å². The maximum Gasteiger partial charge on any atom is 0.118 e.